The monoisotopic (exact) mass is 440 g/mol. The number of thiophene rings is 1. The molecule has 0 spiro atoms. The minimum Gasteiger partial charge on any atom is -0.451 e. The Balaban J connectivity index is 1.52. The molecule has 0 saturated heterocycles. The van der Waals surface area contributed by atoms with E-state index < -0.39 is 18.5 Å². The molecule has 1 N–H and O–H groups in total. The van der Waals surface area contributed by atoms with Crippen molar-refractivity contribution < 1.29 is 14.3 Å². The second-order valence-corrected chi connectivity index (χ2v) is 8.17. The first-order chi connectivity index (χ1) is 12.9. The van der Waals surface area contributed by atoms with Crippen molar-refractivity contribution in [3.8, 4) is 9.88 Å². The fourth-order valence-corrected chi connectivity index (χ4v) is 4.14. The number of esters is 1. The van der Waals surface area contributed by atoms with Gasteiger partial charge in [0.05, 0.1) is 21.0 Å². The number of benzene rings is 1. The van der Waals surface area contributed by atoms with E-state index >= 15 is 0 Å². The molecule has 1 aromatic carbocycles. The summed E-state index contributed by atoms with van der Waals surface area (Å²) in [5.41, 5.74) is 0.984. The van der Waals surface area contributed by atoms with E-state index in [1.54, 1.807) is 30.5 Å². The maximum atomic E-state index is 12.1. The van der Waals surface area contributed by atoms with Crippen LogP contribution < -0.4 is 5.32 Å². The van der Waals surface area contributed by atoms with Gasteiger partial charge in [0.25, 0.3) is 5.91 Å². The molecule has 1 amide bonds. The number of nitrogens with one attached hydrogen (secondary N) is 1. The summed E-state index contributed by atoms with van der Waals surface area (Å²) in [5, 5.41) is 7.90. The smallest absolute Gasteiger partial charge is 0.358 e. The zero-order valence-electron chi connectivity index (χ0n) is 14.1. The summed E-state index contributed by atoms with van der Waals surface area (Å²) in [6.07, 6.45) is 0. The first-order valence-corrected chi connectivity index (χ1v) is 10.4. The molecule has 3 rings (SSSR count). The van der Waals surface area contributed by atoms with Crippen molar-refractivity contribution in [1.82, 2.24) is 10.3 Å². The highest BCUT2D eigenvalue weighted by atomic mass is 35.5. The van der Waals surface area contributed by atoms with Crippen molar-refractivity contribution in [2.75, 3.05) is 6.61 Å². The molecule has 5 nitrogen and oxygen atoms in total. The predicted molar refractivity (Wildman–Crippen MR) is 109 cm³/mol. The van der Waals surface area contributed by atoms with Gasteiger partial charge in [-0.05, 0) is 36.1 Å². The molecule has 1 unspecified atom stereocenters. The van der Waals surface area contributed by atoms with Crippen LogP contribution in [0.25, 0.3) is 9.88 Å². The van der Waals surface area contributed by atoms with Crippen LogP contribution in [-0.2, 0) is 9.53 Å². The zero-order chi connectivity index (χ0) is 19.4. The van der Waals surface area contributed by atoms with Gasteiger partial charge in [-0.1, -0.05) is 35.3 Å². The van der Waals surface area contributed by atoms with Gasteiger partial charge in [-0.3, -0.25) is 4.79 Å². The normalized spacial score (nSPS) is 11.8. The SMILES string of the molecule is CC(NC(=O)COC(=O)c1csc(-c2cccs2)n1)c1ccc(Cl)c(Cl)c1. The fraction of sp³-hybridized carbons (Fsp3) is 0.167. The molecule has 0 aliphatic rings. The lowest BCUT2D eigenvalue weighted by Crippen LogP contribution is -2.31. The summed E-state index contributed by atoms with van der Waals surface area (Å²) in [6, 6.07) is 8.65. The van der Waals surface area contributed by atoms with Crippen molar-refractivity contribution in [2.24, 2.45) is 0 Å². The van der Waals surface area contributed by atoms with Crippen LogP contribution in [0.5, 0.6) is 0 Å². The van der Waals surface area contributed by atoms with Crippen LogP contribution in [0, 0.1) is 0 Å². The van der Waals surface area contributed by atoms with E-state index in [1.807, 2.05) is 17.5 Å². The number of carbonyl (C=O) groups excluding carboxylic acids is 2. The van der Waals surface area contributed by atoms with E-state index in [9.17, 15) is 9.59 Å². The van der Waals surface area contributed by atoms with E-state index in [0.717, 1.165) is 15.4 Å². The number of hydrogen-bond donors (Lipinski definition) is 1. The molecule has 9 heteroatoms. The number of carbonyl (C=O) groups is 2. The minimum atomic E-state index is -0.633. The number of rotatable bonds is 6. The molecule has 140 valence electrons. The number of thiazole rings is 1. The average molecular weight is 441 g/mol. The van der Waals surface area contributed by atoms with E-state index in [2.05, 4.69) is 10.3 Å². The van der Waals surface area contributed by atoms with Gasteiger partial charge in [0, 0.05) is 5.38 Å². The highest BCUT2D eigenvalue weighted by Gasteiger charge is 2.17. The number of aromatic nitrogens is 1. The molecule has 0 bridgehead atoms. The van der Waals surface area contributed by atoms with Crippen molar-refractivity contribution >= 4 is 57.8 Å². The maximum Gasteiger partial charge on any atom is 0.358 e. The van der Waals surface area contributed by atoms with Gasteiger partial charge in [-0.2, -0.15) is 0 Å². The Morgan fingerprint density at radius 1 is 1.22 bits per heavy atom. The van der Waals surface area contributed by atoms with Gasteiger partial charge in [0.2, 0.25) is 0 Å². The highest BCUT2D eigenvalue weighted by molar-refractivity contribution is 7.20. The van der Waals surface area contributed by atoms with Crippen molar-refractivity contribution in [1.29, 1.82) is 0 Å². The number of halogens is 2. The van der Waals surface area contributed by atoms with Gasteiger partial charge < -0.3 is 10.1 Å². The second kappa shape index (κ2) is 8.84. The molecular formula is C18H14Cl2N2O3S2. The van der Waals surface area contributed by atoms with Gasteiger partial charge in [0.1, 0.15) is 5.01 Å². The van der Waals surface area contributed by atoms with Crippen LogP contribution in [0.1, 0.15) is 29.0 Å². The Kier molecular flexibility index (Phi) is 6.49. The molecular weight excluding hydrogens is 427 g/mol. The molecule has 2 aromatic heterocycles. The molecule has 27 heavy (non-hydrogen) atoms. The average Bonchev–Trinajstić information content (AvgIpc) is 3.33. The third-order valence-corrected chi connectivity index (χ3v) is 6.22. The molecule has 0 fully saturated rings. The summed E-state index contributed by atoms with van der Waals surface area (Å²) < 4.78 is 5.05. The lowest BCUT2D eigenvalue weighted by atomic mass is 10.1. The van der Waals surface area contributed by atoms with E-state index in [4.69, 9.17) is 27.9 Å². The second-order valence-electron chi connectivity index (χ2n) is 5.55. The fourth-order valence-electron chi connectivity index (χ4n) is 2.23. The van der Waals surface area contributed by atoms with E-state index in [0.29, 0.717) is 10.0 Å². The van der Waals surface area contributed by atoms with Crippen molar-refractivity contribution in [3.05, 3.63) is 62.4 Å². The number of amides is 1. The molecule has 0 aliphatic heterocycles. The standard InChI is InChI=1S/C18H14Cl2N2O3S2/c1-10(11-4-5-12(19)13(20)7-11)21-16(23)8-25-18(24)14-9-27-17(22-14)15-3-2-6-26-15/h2-7,9-10H,8H2,1H3,(H,21,23). The number of ether oxygens (including phenoxy) is 1. The first kappa shape index (κ1) is 19.8. The molecule has 1 atom stereocenters. The molecule has 3 aromatic rings. The third kappa shape index (κ3) is 5.07. The Bertz CT molecular complexity index is 957. The van der Waals surface area contributed by atoms with Crippen LogP contribution in [-0.4, -0.2) is 23.5 Å². The third-order valence-electron chi connectivity index (χ3n) is 3.60. The van der Waals surface area contributed by atoms with Gasteiger partial charge in [0.15, 0.2) is 12.3 Å². The summed E-state index contributed by atoms with van der Waals surface area (Å²) in [6.45, 7) is 1.41. The highest BCUT2D eigenvalue weighted by Crippen LogP contribution is 2.28. The lowest BCUT2D eigenvalue weighted by molar-refractivity contribution is -0.124. The lowest BCUT2D eigenvalue weighted by Gasteiger charge is -2.15. The minimum absolute atomic E-state index is 0.189. The Morgan fingerprint density at radius 3 is 2.74 bits per heavy atom. The summed E-state index contributed by atoms with van der Waals surface area (Å²) in [4.78, 5) is 29.4. The van der Waals surface area contributed by atoms with E-state index in [1.165, 1.54) is 22.7 Å². The van der Waals surface area contributed by atoms with Crippen LogP contribution in [0.3, 0.4) is 0 Å². The molecule has 0 aliphatic carbocycles. The Labute approximate surface area is 173 Å². The zero-order valence-corrected chi connectivity index (χ0v) is 17.2. The molecule has 2 heterocycles. The largest absolute Gasteiger partial charge is 0.451 e. The Morgan fingerprint density at radius 2 is 2.04 bits per heavy atom. The topological polar surface area (TPSA) is 68.3 Å². The van der Waals surface area contributed by atoms with Gasteiger partial charge in [-0.25, -0.2) is 9.78 Å². The van der Waals surface area contributed by atoms with Crippen LogP contribution >= 0.6 is 45.9 Å². The summed E-state index contributed by atoms with van der Waals surface area (Å²) >= 11 is 14.8. The molecule has 0 radical (unpaired) electrons. The first-order valence-electron chi connectivity index (χ1n) is 7.85. The van der Waals surface area contributed by atoms with Crippen molar-refractivity contribution in [3.63, 3.8) is 0 Å². The van der Waals surface area contributed by atoms with Crippen LogP contribution in [0.15, 0.2) is 41.1 Å². The Hall–Kier alpha value is -1.93. The summed E-state index contributed by atoms with van der Waals surface area (Å²) in [5.74, 6) is -1.05. The summed E-state index contributed by atoms with van der Waals surface area (Å²) in [7, 11) is 0. The number of hydrogen-bond acceptors (Lipinski definition) is 6. The maximum absolute atomic E-state index is 12.1. The predicted octanol–water partition coefficient (Wildman–Crippen LogP) is 5.21. The van der Waals surface area contributed by atoms with Crippen LogP contribution in [0.4, 0.5) is 0 Å². The van der Waals surface area contributed by atoms with E-state index in [-0.39, 0.29) is 11.7 Å². The van der Waals surface area contributed by atoms with Gasteiger partial charge >= 0.3 is 5.97 Å². The number of nitrogens with zero attached hydrogens (tertiary/aromatic N) is 1. The van der Waals surface area contributed by atoms with Crippen molar-refractivity contribution in [2.45, 2.75) is 13.0 Å². The quantitative estimate of drug-likeness (QED) is 0.533. The van der Waals surface area contributed by atoms with Crippen LogP contribution in [0.2, 0.25) is 10.0 Å². The van der Waals surface area contributed by atoms with Gasteiger partial charge in [-0.15, -0.1) is 22.7 Å². The molecule has 0 saturated carbocycles.